The van der Waals surface area contributed by atoms with Crippen molar-refractivity contribution in [2.24, 2.45) is 0 Å². The van der Waals surface area contributed by atoms with E-state index in [1.54, 1.807) is 72.6 Å². The van der Waals surface area contributed by atoms with Gasteiger partial charge in [0, 0.05) is 38.3 Å². The molecule has 3 aromatic rings. The third kappa shape index (κ3) is 3.38. The molecule has 1 saturated heterocycles. The number of likely N-dealkylation sites (tertiary alicyclic amines) is 1. The van der Waals surface area contributed by atoms with Crippen LogP contribution in [0.5, 0.6) is 5.75 Å². The number of para-hydroxylation sites is 1. The first-order valence-corrected chi connectivity index (χ1v) is 11.5. The van der Waals surface area contributed by atoms with E-state index in [0.717, 1.165) is 4.47 Å². The first-order valence-electron chi connectivity index (χ1n) is 10.8. The highest BCUT2D eigenvalue weighted by atomic mass is 79.9. The molecule has 0 unspecified atom stereocenters. The summed E-state index contributed by atoms with van der Waals surface area (Å²) in [5.74, 6) is -1.03. The molecule has 0 bridgehead atoms. The third-order valence-electron chi connectivity index (χ3n) is 6.75. The van der Waals surface area contributed by atoms with Gasteiger partial charge in [0.25, 0.3) is 11.9 Å². The first kappa shape index (κ1) is 22.5. The topological polar surface area (TPSA) is 84.7 Å². The number of carbonyl (C=O) groups excluding carboxylic acids is 1. The number of rotatable bonds is 5. The van der Waals surface area contributed by atoms with Gasteiger partial charge in [-0.2, -0.15) is 0 Å². The van der Waals surface area contributed by atoms with Crippen LogP contribution in [-0.4, -0.2) is 35.4 Å². The molecule has 1 fully saturated rings. The molecule has 7 nitrogen and oxygen atoms in total. The SMILES string of the molecule is CN1C[C@H](c2cc(Br)ccc2OCc2ccccc2F)[C@H]([N+](=O)[O-])[C@]12C(=O)Nc1ccccc12. The monoisotopic (exact) mass is 525 g/mol. The van der Waals surface area contributed by atoms with E-state index >= 15 is 0 Å². The minimum atomic E-state index is -1.45. The van der Waals surface area contributed by atoms with Crippen molar-refractivity contribution in [3.63, 3.8) is 0 Å². The normalized spacial score (nSPS) is 23.7. The lowest BCUT2D eigenvalue weighted by atomic mass is 9.79. The number of likely N-dealkylation sites (N-methyl/N-ethyl adjacent to an activating group) is 1. The molecule has 1 N–H and O–H groups in total. The number of benzene rings is 3. The van der Waals surface area contributed by atoms with Gasteiger partial charge in [-0.15, -0.1) is 0 Å². The summed E-state index contributed by atoms with van der Waals surface area (Å²) in [7, 11) is 1.73. The molecule has 9 heteroatoms. The summed E-state index contributed by atoms with van der Waals surface area (Å²) in [6.45, 7) is 0.237. The number of anilines is 1. The standard InChI is InChI=1S/C25H21BrFN3O4/c1-29-13-18(23(30(32)33)25(29)19-7-3-5-9-21(19)28-24(25)31)17-12-16(26)10-11-22(17)34-14-15-6-2-4-8-20(15)27/h2-12,18,23H,13-14H2,1H3,(H,28,31)/t18-,23+,25-/m1/s1. The van der Waals surface area contributed by atoms with Gasteiger partial charge in [-0.05, 0) is 37.4 Å². The first-order chi connectivity index (χ1) is 16.3. The van der Waals surface area contributed by atoms with E-state index in [1.165, 1.54) is 6.07 Å². The number of nitro groups is 1. The Hall–Kier alpha value is -3.30. The maximum atomic E-state index is 14.1. The fourth-order valence-electron chi connectivity index (χ4n) is 5.27. The summed E-state index contributed by atoms with van der Waals surface area (Å²) in [4.78, 5) is 27.3. The second kappa shape index (κ2) is 8.48. The highest BCUT2D eigenvalue weighted by Gasteiger charge is 2.68. The number of halogens is 2. The number of hydrogen-bond acceptors (Lipinski definition) is 5. The third-order valence-corrected chi connectivity index (χ3v) is 7.25. The molecule has 174 valence electrons. The van der Waals surface area contributed by atoms with E-state index in [4.69, 9.17) is 4.74 Å². The van der Waals surface area contributed by atoms with Crippen molar-refractivity contribution < 1.29 is 18.8 Å². The Balaban J connectivity index is 1.58. The van der Waals surface area contributed by atoms with Crippen molar-refractivity contribution in [1.82, 2.24) is 4.90 Å². The van der Waals surface area contributed by atoms with Crippen LogP contribution in [0.2, 0.25) is 0 Å². The maximum Gasteiger partial charge on any atom is 0.256 e. The predicted octanol–water partition coefficient (Wildman–Crippen LogP) is 4.69. The van der Waals surface area contributed by atoms with E-state index in [9.17, 15) is 19.3 Å². The van der Waals surface area contributed by atoms with E-state index in [-0.39, 0.29) is 23.9 Å². The number of nitrogens with zero attached hydrogens (tertiary/aromatic N) is 2. The Morgan fingerprint density at radius 2 is 1.94 bits per heavy atom. The highest BCUT2D eigenvalue weighted by molar-refractivity contribution is 9.10. The number of carbonyl (C=O) groups is 1. The van der Waals surface area contributed by atoms with Crippen LogP contribution in [0, 0.1) is 15.9 Å². The molecule has 0 aromatic heterocycles. The van der Waals surface area contributed by atoms with Gasteiger partial charge in [0.15, 0.2) is 5.54 Å². The summed E-state index contributed by atoms with van der Waals surface area (Å²) in [6.07, 6.45) is 0. The van der Waals surface area contributed by atoms with Gasteiger partial charge in [0.2, 0.25) is 0 Å². The zero-order chi connectivity index (χ0) is 24.0. The average Bonchev–Trinajstić information content (AvgIpc) is 3.29. The maximum absolute atomic E-state index is 14.1. The molecular weight excluding hydrogens is 505 g/mol. The number of fused-ring (bicyclic) bond motifs is 2. The van der Waals surface area contributed by atoms with Crippen LogP contribution in [0.3, 0.4) is 0 Å². The number of hydrogen-bond donors (Lipinski definition) is 1. The van der Waals surface area contributed by atoms with Gasteiger partial charge >= 0.3 is 0 Å². The summed E-state index contributed by atoms with van der Waals surface area (Å²) < 4.78 is 20.8. The molecule has 1 amide bonds. The van der Waals surface area contributed by atoms with Crippen molar-refractivity contribution in [2.45, 2.75) is 24.1 Å². The van der Waals surface area contributed by atoms with Gasteiger partial charge in [-0.3, -0.25) is 19.8 Å². The van der Waals surface area contributed by atoms with E-state index in [0.29, 0.717) is 28.1 Å². The number of amides is 1. The molecule has 3 atom stereocenters. The van der Waals surface area contributed by atoms with Crippen molar-refractivity contribution in [3.05, 3.63) is 104 Å². The van der Waals surface area contributed by atoms with E-state index in [2.05, 4.69) is 21.2 Å². The molecule has 0 saturated carbocycles. The van der Waals surface area contributed by atoms with Crippen LogP contribution in [-0.2, 0) is 16.9 Å². The average molecular weight is 526 g/mol. The van der Waals surface area contributed by atoms with Gasteiger partial charge in [0.05, 0.1) is 5.92 Å². The fraction of sp³-hybridized carbons (Fsp3) is 0.240. The Kier molecular flexibility index (Phi) is 5.61. The lowest BCUT2D eigenvalue weighted by Gasteiger charge is -2.30. The zero-order valence-electron chi connectivity index (χ0n) is 18.2. The molecule has 0 aliphatic carbocycles. The summed E-state index contributed by atoms with van der Waals surface area (Å²) in [5, 5.41) is 15.4. The molecule has 2 aliphatic rings. The molecule has 5 rings (SSSR count). The minimum Gasteiger partial charge on any atom is -0.488 e. The second-order valence-corrected chi connectivity index (χ2v) is 9.46. The summed E-state index contributed by atoms with van der Waals surface area (Å²) in [6, 6.07) is 17.4. The fourth-order valence-corrected chi connectivity index (χ4v) is 5.65. The Morgan fingerprint density at radius 3 is 2.71 bits per heavy atom. The van der Waals surface area contributed by atoms with Crippen LogP contribution >= 0.6 is 15.9 Å². The quantitative estimate of drug-likeness (QED) is 0.385. The molecular formula is C25H21BrFN3O4. The van der Waals surface area contributed by atoms with Crippen molar-refractivity contribution >= 4 is 27.5 Å². The smallest absolute Gasteiger partial charge is 0.256 e. The number of nitrogens with one attached hydrogen (secondary N) is 1. The summed E-state index contributed by atoms with van der Waals surface area (Å²) >= 11 is 3.46. The Morgan fingerprint density at radius 1 is 1.21 bits per heavy atom. The molecule has 34 heavy (non-hydrogen) atoms. The van der Waals surface area contributed by atoms with Crippen LogP contribution in [0.25, 0.3) is 0 Å². The zero-order valence-corrected chi connectivity index (χ0v) is 19.8. The molecule has 2 aliphatic heterocycles. The van der Waals surface area contributed by atoms with Gasteiger partial charge in [-0.25, -0.2) is 4.39 Å². The number of ether oxygens (including phenoxy) is 1. The summed E-state index contributed by atoms with van der Waals surface area (Å²) in [5.41, 5.74) is 0.697. The van der Waals surface area contributed by atoms with Gasteiger partial charge in [0.1, 0.15) is 18.2 Å². The molecule has 0 radical (unpaired) electrons. The lowest BCUT2D eigenvalue weighted by Crippen LogP contribution is -2.54. The van der Waals surface area contributed by atoms with Gasteiger partial charge in [-0.1, -0.05) is 52.3 Å². The lowest BCUT2D eigenvalue weighted by molar-refractivity contribution is -0.534. The van der Waals surface area contributed by atoms with Gasteiger partial charge < -0.3 is 10.1 Å². The minimum absolute atomic E-state index is 0.0263. The van der Waals surface area contributed by atoms with E-state index < -0.39 is 23.4 Å². The van der Waals surface area contributed by atoms with Crippen LogP contribution in [0.4, 0.5) is 10.1 Å². The van der Waals surface area contributed by atoms with Crippen LogP contribution < -0.4 is 10.1 Å². The molecule has 1 spiro atoms. The molecule has 2 heterocycles. The van der Waals surface area contributed by atoms with Crippen LogP contribution in [0.15, 0.2) is 71.2 Å². The predicted molar refractivity (Wildman–Crippen MR) is 128 cm³/mol. The van der Waals surface area contributed by atoms with Crippen molar-refractivity contribution in [3.8, 4) is 5.75 Å². The van der Waals surface area contributed by atoms with Crippen molar-refractivity contribution in [1.29, 1.82) is 0 Å². The second-order valence-electron chi connectivity index (χ2n) is 8.55. The Labute approximate surface area is 203 Å². The highest BCUT2D eigenvalue weighted by Crippen LogP contribution is 2.53. The largest absolute Gasteiger partial charge is 0.488 e. The van der Waals surface area contributed by atoms with Crippen molar-refractivity contribution in [2.75, 3.05) is 18.9 Å². The molecule has 3 aromatic carbocycles. The van der Waals surface area contributed by atoms with E-state index in [1.807, 2.05) is 0 Å². The Bertz CT molecular complexity index is 1300. The van der Waals surface area contributed by atoms with Crippen LogP contribution in [0.1, 0.15) is 22.6 Å².